The van der Waals surface area contributed by atoms with E-state index in [1.54, 1.807) is 32.2 Å². The molecule has 1 aromatic carbocycles. The summed E-state index contributed by atoms with van der Waals surface area (Å²) in [7, 11) is 0. The van der Waals surface area contributed by atoms with Crippen molar-refractivity contribution < 1.29 is 43.5 Å². The quantitative estimate of drug-likeness (QED) is 0.260. The van der Waals surface area contributed by atoms with Crippen molar-refractivity contribution in [2.24, 2.45) is 5.92 Å². The Kier molecular flexibility index (Phi) is 7.16. The van der Waals surface area contributed by atoms with Crippen molar-refractivity contribution in [2.45, 2.75) is 58.4 Å². The van der Waals surface area contributed by atoms with E-state index in [4.69, 9.17) is 18.9 Å². The zero-order valence-electron chi connectivity index (χ0n) is 21.7. The standard InChI is InChI=1S/C26H29FN4O8/c1-11-7-15-16(30-11)5-6-17(19(15)27)38-24-20-13(3)18(8-31(20)29-10-28-24)36-9-12(2)37-26-22(33)21(32)14(4)23(39-26)25(34)35/h5-8,10,12,14,21-23,26,30,32-33H,9H2,1-4H3,(H,34,35)/t12-,14+,21+,22-,23+,26-/m1/s1. The maximum atomic E-state index is 15.1. The summed E-state index contributed by atoms with van der Waals surface area (Å²) in [4.78, 5) is 18.7. The highest BCUT2D eigenvalue weighted by atomic mass is 19.1. The van der Waals surface area contributed by atoms with E-state index in [-0.39, 0.29) is 18.2 Å². The van der Waals surface area contributed by atoms with Crippen molar-refractivity contribution in [2.75, 3.05) is 6.61 Å². The largest absolute Gasteiger partial charge is 0.489 e. The molecule has 4 N–H and O–H groups in total. The molecular weight excluding hydrogens is 515 g/mol. The summed E-state index contributed by atoms with van der Waals surface area (Å²) in [5.74, 6) is -2.03. The van der Waals surface area contributed by atoms with Gasteiger partial charge < -0.3 is 39.3 Å². The Balaban J connectivity index is 1.30. The lowest BCUT2D eigenvalue weighted by atomic mass is 9.91. The summed E-state index contributed by atoms with van der Waals surface area (Å²) in [5.41, 5.74) is 2.58. The van der Waals surface area contributed by atoms with Crippen molar-refractivity contribution in [3.8, 4) is 17.4 Å². The van der Waals surface area contributed by atoms with Gasteiger partial charge in [-0.25, -0.2) is 13.7 Å². The predicted molar refractivity (Wildman–Crippen MR) is 134 cm³/mol. The van der Waals surface area contributed by atoms with Gasteiger partial charge in [0.15, 0.2) is 24.0 Å². The number of aliphatic carboxylic acids is 1. The van der Waals surface area contributed by atoms with Gasteiger partial charge in [-0.3, -0.25) is 0 Å². The second-order valence-electron chi connectivity index (χ2n) is 9.73. The van der Waals surface area contributed by atoms with Crippen LogP contribution in [0.4, 0.5) is 4.39 Å². The number of benzene rings is 1. The number of aromatic nitrogens is 4. The van der Waals surface area contributed by atoms with E-state index in [1.165, 1.54) is 23.8 Å². The summed E-state index contributed by atoms with van der Waals surface area (Å²) < 4.78 is 39.4. The smallest absolute Gasteiger partial charge is 0.333 e. The molecule has 1 saturated heterocycles. The number of H-pyrrole nitrogens is 1. The highest BCUT2D eigenvalue weighted by Gasteiger charge is 2.46. The number of aliphatic hydroxyl groups is 2. The molecule has 4 heterocycles. The predicted octanol–water partition coefficient (Wildman–Crippen LogP) is 2.71. The van der Waals surface area contributed by atoms with E-state index >= 15 is 4.39 Å². The van der Waals surface area contributed by atoms with Crippen LogP contribution in [0, 0.1) is 25.6 Å². The fraction of sp³-hybridized carbons (Fsp3) is 0.423. The van der Waals surface area contributed by atoms with Gasteiger partial charge in [-0.05, 0) is 39.0 Å². The normalized spacial score (nSPS) is 24.2. The number of carboxylic acid groups (broad SMARTS) is 1. The van der Waals surface area contributed by atoms with E-state index in [2.05, 4.69) is 15.1 Å². The lowest BCUT2D eigenvalue weighted by molar-refractivity contribution is -0.293. The zero-order valence-corrected chi connectivity index (χ0v) is 21.7. The maximum absolute atomic E-state index is 15.1. The number of carbonyl (C=O) groups is 1. The number of rotatable bonds is 8. The van der Waals surface area contributed by atoms with Crippen LogP contribution in [0.3, 0.4) is 0 Å². The lowest BCUT2D eigenvalue weighted by Gasteiger charge is -2.40. The number of hydrogen-bond donors (Lipinski definition) is 4. The highest BCUT2D eigenvalue weighted by molar-refractivity contribution is 5.83. The van der Waals surface area contributed by atoms with E-state index in [9.17, 15) is 20.1 Å². The molecule has 3 aromatic heterocycles. The lowest BCUT2D eigenvalue weighted by Crippen LogP contribution is -2.57. The molecule has 0 saturated carbocycles. The van der Waals surface area contributed by atoms with E-state index < -0.39 is 48.4 Å². The molecule has 0 aliphatic carbocycles. The monoisotopic (exact) mass is 544 g/mol. The van der Waals surface area contributed by atoms with Gasteiger partial charge in [-0.15, -0.1) is 0 Å². The Labute approximate surface area is 221 Å². The first kappa shape index (κ1) is 26.8. The third-order valence-corrected chi connectivity index (χ3v) is 6.80. The summed E-state index contributed by atoms with van der Waals surface area (Å²) >= 11 is 0. The number of aryl methyl sites for hydroxylation is 2. The van der Waals surface area contributed by atoms with Crippen LogP contribution in [0.1, 0.15) is 25.1 Å². The number of aromatic amines is 1. The minimum Gasteiger partial charge on any atom is -0.489 e. The zero-order chi connectivity index (χ0) is 28.0. The molecule has 0 unspecified atom stereocenters. The van der Waals surface area contributed by atoms with E-state index in [0.29, 0.717) is 27.7 Å². The van der Waals surface area contributed by atoms with Crippen LogP contribution in [0.25, 0.3) is 16.4 Å². The SMILES string of the molecule is Cc1cc2c(F)c(Oc3ncnn4cc(OC[C@@H](C)O[C@@H]5O[C@H](C(=O)O)[C@@H](C)[C@H](O)[C@H]5O)c(C)c34)ccc2[nH]1. The molecule has 1 fully saturated rings. The summed E-state index contributed by atoms with van der Waals surface area (Å²) in [5, 5.41) is 34.5. The topological polar surface area (TPSA) is 161 Å². The number of halogens is 1. The van der Waals surface area contributed by atoms with Gasteiger partial charge in [-0.1, -0.05) is 6.92 Å². The summed E-state index contributed by atoms with van der Waals surface area (Å²) in [6.07, 6.45) is -3.21. The van der Waals surface area contributed by atoms with Crippen LogP contribution in [0.2, 0.25) is 0 Å². The van der Waals surface area contributed by atoms with Crippen LogP contribution in [0.15, 0.2) is 30.7 Å². The highest BCUT2D eigenvalue weighted by Crippen LogP contribution is 2.35. The molecular formula is C26H29FN4O8. The fourth-order valence-corrected chi connectivity index (χ4v) is 4.67. The average molecular weight is 545 g/mol. The molecule has 5 rings (SSSR count). The van der Waals surface area contributed by atoms with E-state index in [1.807, 2.05) is 6.92 Å². The van der Waals surface area contributed by atoms with Crippen LogP contribution in [-0.2, 0) is 14.3 Å². The van der Waals surface area contributed by atoms with Crippen molar-refractivity contribution in [3.63, 3.8) is 0 Å². The molecule has 39 heavy (non-hydrogen) atoms. The molecule has 1 aliphatic rings. The van der Waals surface area contributed by atoms with Gasteiger partial charge in [0, 0.05) is 28.1 Å². The first-order valence-electron chi connectivity index (χ1n) is 12.4. The third-order valence-electron chi connectivity index (χ3n) is 6.80. The van der Waals surface area contributed by atoms with Crippen LogP contribution in [0.5, 0.6) is 17.4 Å². The third kappa shape index (κ3) is 5.01. The number of nitrogens with zero attached hydrogens (tertiary/aromatic N) is 3. The molecule has 0 amide bonds. The minimum atomic E-state index is -1.43. The Morgan fingerprint density at radius 1 is 1.26 bits per heavy atom. The molecule has 12 nitrogen and oxygen atoms in total. The minimum absolute atomic E-state index is 0.00452. The Morgan fingerprint density at radius 2 is 2.03 bits per heavy atom. The molecule has 6 atom stereocenters. The van der Waals surface area contributed by atoms with Crippen molar-refractivity contribution >= 4 is 22.4 Å². The number of aliphatic hydroxyl groups excluding tert-OH is 2. The number of hydrogen-bond acceptors (Lipinski definition) is 9. The number of ether oxygens (including phenoxy) is 4. The second-order valence-corrected chi connectivity index (χ2v) is 9.73. The Hall–Kier alpha value is -3.78. The van der Waals surface area contributed by atoms with Crippen molar-refractivity contribution in [1.82, 2.24) is 19.6 Å². The summed E-state index contributed by atoms with van der Waals surface area (Å²) in [6, 6.07) is 4.95. The molecule has 208 valence electrons. The van der Waals surface area contributed by atoms with E-state index in [0.717, 1.165) is 5.69 Å². The fourth-order valence-electron chi connectivity index (χ4n) is 4.67. The first-order chi connectivity index (χ1) is 18.5. The molecule has 0 bridgehead atoms. The number of fused-ring (bicyclic) bond motifs is 2. The molecule has 4 aromatic rings. The van der Waals surface area contributed by atoms with Gasteiger partial charge in [0.1, 0.15) is 30.3 Å². The Morgan fingerprint density at radius 3 is 2.77 bits per heavy atom. The molecule has 0 radical (unpaired) electrons. The van der Waals surface area contributed by atoms with Gasteiger partial charge >= 0.3 is 5.97 Å². The Bertz CT molecular complexity index is 1520. The number of carboxylic acids is 1. The van der Waals surface area contributed by atoms with Crippen LogP contribution < -0.4 is 9.47 Å². The van der Waals surface area contributed by atoms with Gasteiger partial charge in [-0.2, -0.15) is 10.1 Å². The molecule has 13 heteroatoms. The summed E-state index contributed by atoms with van der Waals surface area (Å²) in [6.45, 7) is 6.73. The maximum Gasteiger partial charge on any atom is 0.333 e. The second kappa shape index (κ2) is 10.4. The van der Waals surface area contributed by atoms with Crippen LogP contribution in [-0.4, -0.2) is 78.2 Å². The molecule has 1 aliphatic heterocycles. The molecule has 0 spiro atoms. The van der Waals surface area contributed by atoms with Crippen molar-refractivity contribution in [1.29, 1.82) is 0 Å². The van der Waals surface area contributed by atoms with Gasteiger partial charge in [0.2, 0.25) is 5.88 Å². The van der Waals surface area contributed by atoms with Gasteiger partial charge in [0.05, 0.1) is 18.4 Å². The average Bonchev–Trinajstić information content (AvgIpc) is 3.44. The van der Waals surface area contributed by atoms with Gasteiger partial charge in [0.25, 0.3) is 0 Å². The van der Waals surface area contributed by atoms with Crippen LogP contribution >= 0.6 is 0 Å². The number of nitrogens with one attached hydrogen (secondary N) is 1. The van der Waals surface area contributed by atoms with Crippen molar-refractivity contribution in [3.05, 3.63) is 47.8 Å². The first-order valence-corrected chi connectivity index (χ1v) is 12.4.